The van der Waals surface area contributed by atoms with Crippen LogP contribution in [0.4, 0.5) is 0 Å². The number of nitrogens with zero attached hydrogens (tertiary/aromatic N) is 1. The molecule has 1 aromatic rings. The number of carbonyl (C=O) groups excluding carboxylic acids is 2. The van der Waals surface area contributed by atoms with E-state index in [0.29, 0.717) is 6.54 Å². The standard InChI is InChI=1S/C15H19BrN2O2/c1-9(2)13-14(19)17-10(3)15(20)18(13)8-11-4-6-12(16)7-5-11/h4-7,9-10,13H,8H2,1-3H3,(H,17,19). The third-order valence-electron chi connectivity index (χ3n) is 3.51. The van der Waals surface area contributed by atoms with Gasteiger partial charge in [-0.1, -0.05) is 41.9 Å². The van der Waals surface area contributed by atoms with Crippen LogP contribution in [0.2, 0.25) is 0 Å². The molecule has 0 aromatic heterocycles. The lowest BCUT2D eigenvalue weighted by atomic mass is 9.96. The first kappa shape index (κ1) is 15.0. The van der Waals surface area contributed by atoms with Crippen LogP contribution in [0.15, 0.2) is 28.7 Å². The van der Waals surface area contributed by atoms with E-state index in [1.54, 1.807) is 11.8 Å². The largest absolute Gasteiger partial charge is 0.343 e. The molecule has 1 heterocycles. The summed E-state index contributed by atoms with van der Waals surface area (Å²) in [5, 5.41) is 2.75. The molecule has 2 atom stereocenters. The Labute approximate surface area is 127 Å². The van der Waals surface area contributed by atoms with Gasteiger partial charge in [0.25, 0.3) is 0 Å². The molecule has 1 N–H and O–H groups in total. The number of hydrogen-bond donors (Lipinski definition) is 1. The van der Waals surface area contributed by atoms with Gasteiger partial charge < -0.3 is 10.2 Å². The number of rotatable bonds is 3. The maximum Gasteiger partial charge on any atom is 0.245 e. The molecule has 1 aromatic carbocycles. The van der Waals surface area contributed by atoms with Gasteiger partial charge in [0.05, 0.1) is 0 Å². The fourth-order valence-electron chi connectivity index (χ4n) is 2.51. The molecule has 0 aliphatic carbocycles. The summed E-state index contributed by atoms with van der Waals surface area (Å²) in [4.78, 5) is 26.2. The van der Waals surface area contributed by atoms with Gasteiger partial charge in [0, 0.05) is 11.0 Å². The topological polar surface area (TPSA) is 49.4 Å². The lowest BCUT2D eigenvalue weighted by molar-refractivity contribution is -0.151. The Morgan fingerprint density at radius 3 is 2.40 bits per heavy atom. The van der Waals surface area contributed by atoms with E-state index < -0.39 is 12.1 Å². The maximum absolute atomic E-state index is 12.4. The number of benzene rings is 1. The molecule has 2 unspecified atom stereocenters. The normalized spacial score (nSPS) is 23.1. The first-order valence-electron chi connectivity index (χ1n) is 6.75. The Balaban J connectivity index is 2.26. The summed E-state index contributed by atoms with van der Waals surface area (Å²) in [7, 11) is 0. The summed E-state index contributed by atoms with van der Waals surface area (Å²) in [6.07, 6.45) is 0. The quantitative estimate of drug-likeness (QED) is 0.919. The lowest BCUT2D eigenvalue weighted by Gasteiger charge is -2.40. The van der Waals surface area contributed by atoms with Crippen molar-refractivity contribution in [2.75, 3.05) is 0 Å². The lowest BCUT2D eigenvalue weighted by Crippen LogP contribution is -2.63. The summed E-state index contributed by atoms with van der Waals surface area (Å²) >= 11 is 3.39. The highest BCUT2D eigenvalue weighted by molar-refractivity contribution is 9.10. The summed E-state index contributed by atoms with van der Waals surface area (Å²) in [6, 6.07) is 6.96. The van der Waals surface area contributed by atoms with Crippen molar-refractivity contribution in [1.82, 2.24) is 10.2 Å². The summed E-state index contributed by atoms with van der Waals surface area (Å²) in [5.74, 6) is -0.00247. The Kier molecular flexibility index (Phi) is 4.48. The van der Waals surface area contributed by atoms with Gasteiger partial charge in [-0.25, -0.2) is 0 Å². The Morgan fingerprint density at radius 2 is 1.85 bits per heavy atom. The van der Waals surface area contributed by atoms with E-state index in [2.05, 4.69) is 21.2 Å². The minimum absolute atomic E-state index is 0.0220. The van der Waals surface area contributed by atoms with Crippen molar-refractivity contribution < 1.29 is 9.59 Å². The predicted octanol–water partition coefficient (Wildman–Crippen LogP) is 2.32. The zero-order valence-electron chi connectivity index (χ0n) is 11.9. The maximum atomic E-state index is 12.4. The van der Waals surface area contributed by atoms with E-state index >= 15 is 0 Å². The summed E-state index contributed by atoms with van der Waals surface area (Å²) < 4.78 is 0.998. The minimum Gasteiger partial charge on any atom is -0.343 e. The molecule has 1 aliphatic heterocycles. The van der Waals surface area contributed by atoms with E-state index in [9.17, 15) is 9.59 Å². The molecular formula is C15H19BrN2O2. The van der Waals surface area contributed by atoms with Gasteiger partial charge in [0.2, 0.25) is 11.8 Å². The molecule has 20 heavy (non-hydrogen) atoms. The average Bonchev–Trinajstić information content (AvgIpc) is 2.37. The van der Waals surface area contributed by atoms with Crippen LogP contribution in [0.1, 0.15) is 26.3 Å². The van der Waals surface area contributed by atoms with E-state index in [0.717, 1.165) is 10.0 Å². The fourth-order valence-corrected chi connectivity index (χ4v) is 2.78. The van der Waals surface area contributed by atoms with Crippen LogP contribution in [0.5, 0.6) is 0 Å². The first-order chi connectivity index (χ1) is 9.40. The zero-order chi connectivity index (χ0) is 14.9. The molecular weight excluding hydrogens is 320 g/mol. The van der Waals surface area contributed by atoms with Crippen LogP contribution < -0.4 is 5.32 Å². The molecule has 4 nitrogen and oxygen atoms in total. The Morgan fingerprint density at radius 1 is 1.25 bits per heavy atom. The van der Waals surface area contributed by atoms with Gasteiger partial charge in [-0.3, -0.25) is 9.59 Å². The minimum atomic E-state index is -0.451. The van der Waals surface area contributed by atoms with Crippen molar-refractivity contribution >= 4 is 27.7 Å². The molecule has 1 fully saturated rings. The van der Waals surface area contributed by atoms with Crippen molar-refractivity contribution in [3.63, 3.8) is 0 Å². The highest BCUT2D eigenvalue weighted by Crippen LogP contribution is 2.21. The van der Waals surface area contributed by atoms with Crippen molar-refractivity contribution in [3.8, 4) is 0 Å². The number of amides is 2. The number of hydrogen-bond acceptors (Lipinski definition) is 2. The summed E-state index contributed by atoms with van der Waals surface area (Å²) in [6.45, 7) is 6.11. The smallest absolute Gasteiger partial charge is 0.245 e. The molecule has 0 bridgehead atoms. The second kappa shape index (κ2) is 5.95. The van der Waals surface area contributed by atoms with Crippen LogP contribution in [0, 0.1) is 5.92 Å². The van der Waals surface area contributed by atoms with E-state index in [-0.39, 0.29) is 17.7 Å². The second-order valence-corrected chi connectivity index (χ2v) is 6.43. The second-order valence-electron chi connectivity index (χ2n) is 5.51. The monoisotopic (exact) mass is 338 g/mol. The molecule has 5 heteroatoms. The van der Waals surface area contributed by atoms with Crippen LogP contribution >= 0.6 is 15.9 Å². The van der Waals surface area contributed by atoms with Crippen LogP contribution in [0.25, 0.3) is 0 Å². The third kappa shape index (κ3) is 3.03. The highest BCUT2D eigenvalue weighted by Gasteiger charge is 2.39. The average molecular weight is 339 g/mol. The van der Waals surface area contributed by atoms with Gasteiger partial charge in [-0.15, -0.1) is 0 Å². The highest BCUT2D eigenvalue weighted by atomic mass is 79.9. The molecule has 108 valence electrons. The van der Waals surface area contributed by atoms with Crippen molar-refractivity contribution in [1.29, 1.82) is 0 Å². The number of nitrogens with one attached hydrogen (secondary N) is 1. The number of piperazine rings is 1. The Bertz CT molecular complexity index is 513. The van der Waals surface area contributed by atoms with Gasteiger partial charge in [-0.2, -0.15) is 0 Å². The molecule has 0 saturated carbocycles. The van der Waals surface area contributed by atoms with E-state index in [1.165, 1.54) is 0 Å². The summed E-state index contributed by atoms with van der Waals surface area (Å²) in [5.41, 5.74) is 1.02. The molecule has 2 amide bonds. The van der Waals surface area contributed by atoms with E-state index in [1.807, 2.05) is 38.1 Å². The molecule has 0 radical (unpaired) electrons. The van der Waals surface area contributed by atoms with Crippen molar-refractivity contribution in [2.24, 2.45) is 5.92 Å². The fraction of sp³-hybridized carbons (Fsp3) is 0.467. The molecule has 0 spiro atoms. The third-order valence-corrected chi connectivity index (χ3v) is 4.04. The van der Waals surface area contributed by atoms with Gasteiger partial charge >= 0.3 is 0 Å². The van der Waals surface area contributed by atoms with Gasteiger partial charge in [0.15, 0.2) is 0 Å². The van der Waals surface area contributed by atoms with Crippen molar-refractivity contribution in [3.05, 3.63) is 34.3 Å². The molecule has 1 aliphatic rings. The molecule has 1 saturated heterocycles. The van der Waals surface area contributed by atoms with E-state index in [4.69, 9.17) is 0 Å². The number of carbonyl (C=O) groups is 2. The van der Waals surface area contributed by atoms with Gasteiger partial charge in [-0.05, 0) is 30.5 Å². The number of halogens is 1. The molecule has 2 rings (SSSR count). The first-order valence-corrected chi connectivity index (χ1v) is 7.54. The van der Waals surface area contributed by atoms with Gasteiger partial charge in [0.1, 0.15) is 12.1 Å². The van der Waals surface area contributed by atoms with Crippen molar-refractivity contribution in [2.45, 2.75) is 39.4 Å². The Hall–Kier alpha value is -1.36. The SMILES string of the molecule is CC1NC(=O)C(C(C)C)N(Cc2ccc(Br)cc2)C1=O. The zero-order valence-corrected chi connectivity index (χ0v) is 13.5. The van der Waals surface area contributed by atoms with Crippen LogP contribution in [-0.2, 0) is 16.1 Å². The van der Waals surface area contributed by atoms with Crippen LogP contribution in [0.3, 0.4) is 0 Å². The predicted molar refractivity (Wildman–Crippen MR) is 80.9 cm³/mol. The van der Waals surface area contributed by atoms with Crippen LogP contribution in [-0.4, -0.2) is 28.8 Å².